The molecule has 148 valence electrons. The van der Waals surface area contributed by atoms with Gasteiger partial charge in [0.05, 0.1) is 13.3 Å². The number of carbonyl (C=O) groups is 1. The Morgan fingerprint density at radius 2 is 1.76 bits per heavy atom. The van der Waals surface area contributed by atoms with Gasteiger partial charge in [-0.25, -0.2) is 10.2 Å². The average Bonchev–Trinajstić information content (AvgIpc) is 2.74. The van der Waals surface area contributed by atoms with Gasteiger partial charge in [0.15, 0.2) is 11.5 Å². The largest absolute Gasteiger partial charge is 0.493 e. The van der Waals surface area contributed by atoms with Crippen molar-refractivity contribution in [3.05, 3.63) is 89.5 Å². The Kier molecular flexibility index (Phi) is 6.84. The summed E-state index contributed by atoms with van der Waals surface area (Å²) in [7, 11) is 1.59. The van der Waals surface area contributed by atoms with Crippen LogP contribution < -0.4 is 20.2 Å². The fraction of sp³-hybridized carbons (Fsp3) is 0.130. The zero-order chi connectivity index (χ0) is 20.5. The number of hydrogen-bond donors (Lipinski definition) is 2. The second-order valence-corrected chi connectivity index (χ2v) is 6.37. The van der Waals surface area contributed by atoms with Crippen LogP contribution in [0.5, 0.6) is 11.5 Å². The molecule has 6 heteroatoms. The van der Waals surface area contributed by atoms with E-state index in [9.17, 15) is 4.79 Å². The second-order valence-electron chi connectivity index (χ2n) is 6.37. The fourth-order valence-electron chi connectivity index (χ4n) is 2.58. The highest BCUT2D eigenvalue weighted by Crippen LogP contribution is 2.28. The summed E-state index contributed by atoms with van der Waals surface area (Å²) >= 11 is 0. The van der Waals surface area contributed by atoms with Crippen molar-refractivity contribution >= 4 is 17.9 Å². The number of methoxy groups -OCH3 is 1. The lowest BCUT2D eigenvalue weighted by Crippen LogP contribution is -2.24. The van der Waals surface area contributed by atoms with Gasteiger partial charge in [0, 0.05) is 5.69 Å². The number of carbonyl (C=O) groups excluding carboxylic acids is 1. The number of rotatable bonds is 7. The van der Waals surface area contributed by atoms with Crippen LogP contribution >= 0.6 is 0 Å². The van der Waals surface area contributed by atoms with Crippen LogP contribution in [0.4, 0.5) is 10.5 Å². The van der Waals surface area contributed by atoms with Crippen molar-refractivity contribution in [1.29, 1.82) is 0 Å². The van der Waals surface area contributed by atoms with Gasteiger partial charge in [-0.2, -0.15) is 5.10 Å². The summed E-state index contributed by atoms with van der Waals surface area (Å²) in [5, 5.41) is 6.67. The first-order valence-corrected chi connectivity index (χ1v) is 9.15. The molecule has 29 heavy (non-hydrogen) atoms. The number of para-hydroxylation sites is 1. The van der Waals surface area contributed by atoms with E-state index in [4.69, 9.17) is 9.47 Å². The molecule has 6 nitrogen and oxygen atoms in total. The molecule has 0 bridgehead atoms. The highest BCUT2D eigenvalue weighted by molar-refractivity contribution is 5.90. The molecule has 0 unspecified atom stereocenters. The number of nitrogens with zero attached hydrogens (tertiary/aromatic N) is 1. The third kappa shape index (κ3) is 6.10. The quantitative estimate of drug-likeness (QED) is 0.453. The molecular formula is C23H23N3O3. The van der Waals surface area contributed by atoms with E-state index in [0.717, 1.165) is 11.1 Å². The van der Waals surface area contributed by atoms with E-state index in [-0.39, 0.29) is 0 Å². The minimum Gasteiger partial charge on any atom is -0.493 e. The third-order valence-electron chi connectivity index (χ3n) is 4.11. The number of anilines is 1. The summed E-state index contributed by atoms with van der Waals surface area (Å²) in [5.74, 6) is 1.23. The van der Waals surface area contributed by atoms with Gasteiger partial charge in [-0.05, 0) is 48.4 Å². The van der Waals surface area contributed by atoms with Crippen molar-refractivity contribution in [2.24, 2.45) is 5.10 Å². The number of amides is 2. The molecule has 3 rings (SSSR count). The van der Waals surface area contributed by atoms with Crippen molar-refractivity contribution in [1.82, 2.24) is 5.43 Å². The van der Waals surface area contributed by atoms with E-state index in [0.29, 0.717) is 23.8 Å². The minimum absolute atomic E-state index is 0.420. The summed E-state index contributed by atoms with van der Waals surface area (Å²) in [5.41, 5.74) is 6.17. The Morgan fingerprint density at radius 3 is 2.48 bits per heavy atom. The van der Waals surface area contributed by atoms with Crippen LogP contribution in [-0.2, 0) is 6.61 Å². The Morgan fingerprint density at radius 1 is 1.00 bits per heavy atom. The van der Waals surface area contributed by atoms with Gasteiger partial charge in [-0.1, -0.05) is 48.0 Å². The maximum Gasteiger partial charge on any atom is 0.339 e. The fourth-order valence-corrected chi connectivity index (χ4v) is 2.58. The van der Waals surface area contributed by atoms with Crippen molar-refractivity contribution in [3.8, 4) is 11.5 Å². The van der Waals surface area contributed by atoms with E-state index in [1.54, 1.807) is 31.5 Å². The Hall–Kier alpha value is -3.80. The first-order valence-electron chi connectivity index (χ1n) is 9.15. The number of urea groups is 1. The van der Waals surface area contributed by atoms with Crippen molar-refractivity contribution < 1.29 is 14.3 Å². The number of aryl methyl sites for hydroxylation is 1. The summed E-state index contributed by atoms with van der Waals surface area (Å²) in [6.45, 7) is 2.47. The molecule has 0 fully saturated rings. The molecule has 0 heterocycles. The number of ether oxygens (including phenoxy) is 2. The molecular weight excluding hydrogens is 366 g/mol. The Bertz CT molecular complexity index is 970. The van der Waals surface area contributed by atoms with Crippen molar-refractivity contribution in [2.45, 2.75) is 13.5 Å². The Labute approximate surface area is 170 Å². The van der Waals surface area contributed by atoms with E-state index >= 15 is 0 Å². The molecule has 0 spiro atoms. The van der Waals surface area contributed by atoms with Crippen LogP contribution in [0, 0.1) is 6.92 Å². The molecule has 2 N–H and O–H groups in total. The molecule has 0 atom stereocenters. The van der Waals surface area contributed by atoms with E-state index in [2.05, 4.69) is 15.8 Å². The van der Waals surface area contributed by atoms with Gasteiger partial charge in [-0.15, -0.1) is 0 Å². The maximum absolute atomic E-state index is 11.9. The van der Waals surface area contributed by atoms with E-state index < -0.39 is 6.03 Å². The molecule has 2 amide bonds. The van der Waals surface area contributed by atoms with Gasteiger partial charge >= 0.3 is 6.03 Å². The number of nitrogens with one attached hydrogen (secondary N) is 2. The molecule has 0 radical (unpaired) electrons. The lowest BCUT2D eigenvalue weighted by Gasteiger charge is -2.11. The normalized spacial score (nSPS) is 10.6. The maximum atomic E-state index is 11.9. The standard InChI is InChI=1S/C23H23N3O3/c1-17-8-10-18(11-9-17)16-29-22-14-19(12-13-21(22)28-2)15-24-26-23(27)25-20-6-4-3-5-7-20/h3-15H,16H2,1-2H3,(H2,25,26,27)/b24-15+. The molecule has 0 aliphatic carbocycles. The molecule has 0 aliphatic heterocycles. The van der Waals surface area contributed by atoms with Crippen molar-refractivity contribution in [3.63, 3.8) is 0 Å². The smallest absolute Gasteiger partial charge is 0.339 e. The lowest BCUT2D eigenvalue weighted by molar-refractivity contribution is 0.252. The van der Waals surface area contributed by atoms with Gasteiger partial charge in [-0.3, -0.25) is 0 Å². The van der Waals surface area contributed by atoms with E-state index in [1.807, 2.05) is 61.5 Å². The summed E-state index contributed by atoms with van der Waals surface area (Å²) in [6.07, 6.45) is 1.54. The molecule has 3 aromatic carbocycles. The van der Waals surface area contributed by atoms with Gasteiger partial charge in [0.1, 0.15) is 6.61 Å². The third-order valence-corrected chi connectivity index (χ3v) is 4.11. The summed E-state index contributed by atoms with van der Waals surface area (Å²) < 4.78 is 11.3. The number of hydrogen-bond acceptors (Lipinski definition) is 4. The van der Waals surface area contributed by atoms with Crippen LogP contribution in [0.1, 0.15) is 16.7 Å². The zero-order valence-electron chi connectivity index (χ0n) is 16.4. The Balaban J connectivity index is 1.60. The summed E-state index contributed by atoms with van der Waals surface area (Å²) in [4.78, 5) is 11.9. The minimum atomic E-state index is -0.420. The van der Waals surface area contributed by atoms with Gasteiger partial charge in [0.25, 0.3) is 0 Å². The molecule has 0 saturated carbocycles. The van der Waals surface area contributed by atoms with Crippen LogP contribution in [-0.4, -0.2) is 19.4 Å². The topological polar surface area (TPSA) is 72.0 Å². The lowest BCUT2D eigenvalue weighted by atomic mass is 10.1. The predicted octanol–water partition coefficient (Wildman–Crippen LogP) is 4.74. The molecule has 0 aromatic heterocycles. The van der Waals surface area contributed by atoms with Crippen LogP contribution in [0.25, 0.3) is 0 Å². The predicted molar refractivity (Wildman–Crippen MR) is 115 cm³/mol. The van der Waals surface area contributed by atoms with E-state index in [1.165, 1.54) is 5.56 Å². The van der Waals surface area contributed by atoms with Crippen LogP contribution in [0.2, 0.25) is 0 Å². The molecule has 0 saturated heterocycles. The second kappa shape index (κ2) is 9.94. The van der Waals surface area contributed by atoms with Crippen molar-refractivity contribution in [2.75, 3.05) is 12.4 Å². The highest BCUT2D eigenvalue weighted by Gasteiger charge is 2.06. The number of benzene rings is 3. The molecule has 0 aliphatic rings. The monoisotopic (exact) mass is 389 g/mol. The zero-order valence-corrected chi connectivity index (χ0v) is 16.4. The van der Waals surface area contributed by atoms with Gasteiger partial charge in [0.2, 0.25) is 0 Å². The van der Waals surface area contributed by atoms with Gasteiger partial charge < -0.3 is 14.8 Å². The first kappa shape index (κ1) is 19.9. The molecule has 3 aromatic rings. The first-order chi connectivity index (χ1) is 14.1. The van der Waals surface area contributed by atoms with Crippen LogP contribution in [0.3, 0.4) is 0 Å². The van der Waals surface area contributed by atoms with Crippen LogP contribution in [0.15, 0.2) is 77.9 Å². The SMILES string of the molecule is COc1ccc(/C=N/NC(=O)Nc2ccccc2)cc1OCc1ccc(C)cc1. The highest BCUT2D eigenvalue weighted by atomic mass is 16.5. The number of hydrazone groups is 1. The average molecular weight is 389 g/mol. The summed E-state index contributed by atoms with van der Waals surface area (Å²) in [6, 6.07) is 22.3.